The first-order chi connectivity index (χ1) is 10.3. The van der Waals surface area contributed by atoms with Crippen LogP contribution in [-0.2, 0) is 19.1 Å². The number of rotatable bonds is 6. The molecule has 1 amide bonds. The van der Waals surface area contributed by atoms with Crippen LogP contribution in [0.4, 0.5) is 4.79 Å². The second-order valence-electron chi connectivity index (χ2n) is 5.98. The van der Waals surface area contributed by atoms with E-state index >= 15 is 0 Å². The SMILES string of the molecule is CC(C)C(=O)O[C@H](C)OC(=O)NC[C@H]1CC[C@H](C(=O)[O-])CC1.[Na+]. The molecule has 1 fully saturated rings. The van der Waals surface area contributed by atoms with Crippen LogP contribution in [-0.4, -0.2) is 30.9 Å². The number of carboxylic acids is 1. The van der Waals surface area contributed by atoms with Crippen LogP contribution in [0.25, 0.3) is 0 Å². The zero-order valence-corrected chi connectivity index (χ0v) is 16.3. The van der Waals surface area contributed by atoms with Gasteiger partial charge < -0.3 is 24.7 Å². The van der Waals surface area contributed by atoms with E-state index in [4.69, 9.17) is 9.47 Å². The fourth-order valence-corrected chi connectivity index (χ4v) is 2.35. The fraction of sp³-hybridized carbons (Fsp3) is 0.800. The van der Waals surface area contributed by atoms with E-state index in [1.54, 1.807) is 13.8 Å². The van der Waals surface area contributed by atoms with Crippen LogP contribution in [0.2, 0.25) is 0 Å². The summed E-state index contributed by atoms with van der Waals surface area (Å²) < 4.78 is 9.84. The standard InChI is InChI=1S/C15H25NO6.Na/c1-9(2)14(19)21-10(3)22-15(20)16-8-11-4-6-12(7-5-11)13(17)18;/h9-12H,4-8H2,1-3H3,(H,16,20)(H,17,18);/q;+1/p-1/t10-,11-,12-;/m0./s1. The number of alkyl carbamates (subject to hydrolysis) is 1. The third kappa shape index (κ3) is 8.58. The Labute approximate surface area is 158 Å². The Morgan fingerprint density at radius 2 is 1.65 bits per heavy atom. The van der Waals surface area contributed by atoms with E-state index in [1.165, 1.54) is 6.92 Å². The Bertz CT molecular complexity index is 407. The number of amides is 1. The first-order valence-corrected chi connectivity index (χ1v) is 7.65. The molecule has 0 saturated heterocycles. The molecule has 0 bridgehead atoms. The van der Waals surface area contributed by atoms with Gasteiger partial charge in [0.2, 0.25) is 6.29 Å². The van der Waals surface area contributed by atoms with Gasteiger partial charge in [-0.25, -0.2) is 4.79 Å². The van der Waals surface area contributed by atoms with Gasteiger partial charge in [0.25, 0.3) is 0 Å². The molecule has 126 valence electrons. The van der Waals surface area contributed by atoms with Crippen molar-refractivity contribution in [3.8, 4) is 0 Å². The summed E-state index contributed by atoms with van der Waals surface area (Å²) in [4.78, 5) is 33.7. The maximum Gasteiger partial charge on any atom is 1.00 e. The summed E-state index contributed by atoms with van der Waals surface area (Å²) in [5, 5.41) is 13.4. The molecule has 1 N–H and O–H groups in total. The summed E-state index contributed by atoms with van der Waals surface area (Å²) in [5.74, 6) is -1.85. The number of aliphatic carboxylic acids is 1. The number of carboxylic acid groups (broad SMARTS) is 1. The van der Waals surface area contributed by atoms with Crippen LogP contribution in [0.15, 0.2) is 0 Å². The molecule has 1 aliphatic carbocycles. The molecule has 1 saturated carbocycles. The second-order valence-corrected chi connectivity index (χ2v) is 5.98. The molecule has 0 heterocycles. The summed E-state index contributed by atoms with van der Waals surface area (Å²) >= 11 is 0. The quantitative estimate of drug-likeness (QED) is 0.336. The number of hydrogen-bond donors (Lipinski definition) is 1. The Morgan fingerprint density at radius 1 is 1.09 bits per heavy atom. The van der Waals surface area contributed by atoms with Crippen molar-refractivity contribution in [2.75, 3.05) is 6.54 Å². The monoisotopic (exact) mass is 337 g/mol. The molecule has 8 heteroatoms. The molecule has 0 aromatic carbocycles. The van der Waals surface area contributed by atoms with Crippen LogP contribution < -0.4 is 40.0 Å². The molecule has 1 rings (SSSR count). The molecule has 1 aliphatic rings. The minimum Gasteiger partial charge on any atom is -0.550 e. The Balaban J connectivity index is 0.00000484. The normalized spacial score (nSPS) is 21.7. The molecule has 0 radical (unpaired) electrons. The molecule has 7 nitrogen and oxygen atoms in total. The third-order valence-electron chi connectivity index (χ3n) is 3.74. The molecule has 23 heavy (non-hydrogen) atoms. The van der Waals surface area contributed by atoms with Crippen LogP contribution in [0.3, 0.4) is 0 Å². The molecule has 0 aliphatic heterocycles. The first-order valence-electron chi connectivity index (χ1n) is 7.65. The van der Waals surface area contributed by atoms with Gasteiger partial charge >= 0.3 is 41.6 Å². The van der Waals surface area contributed by atoms with Gasteiger partial charge in [0.1, 0.15) is 0 Å². The fourth-order valence-electron chi connectivity index (χ4n) is 2.35. The maximum atomic E-state index is 11.6. The van der Waals surface area contributed by atoms with Crippen molar-refractivity contribution in [1.29, 1.82) is 0 Å². The number of carbonyl (C=O) groups is 3. The van der Waals surface area contributed by atoms with E-state index in [0.29, 0.717) is 19.4 Å². The van der Waals surface area contributed by atoms with Crippen LogP contribution >= 0.6 is 0 Å². The van der Waals surface area contributed by atoms with E-state index in [-0.39, 0.29) is 47.3 Å². The van der Waals surface area contributed by atoms with Crippen molar-refractivity contribution in [2.45, 2.75) is 52.7 Å². The third-order valence-corrected chi connectivity index (χ3v) is 3.74. The summed E-state index contributed by atoms with van der Waals surface area (Å²) in [6.07, 6.45) is 1.03. The zero-order valence-electron chi connectivity index (χ0n) is 14.3. The average molecular weight is 337 g/mol. The van der Waals surface area contributed by atoms with Gasteiger partial charge in [-0.1, -0.05) is 13.8 Å². The zero-order chi connectivity index (χ0) is 16.7. The molecule has 0 unspecified atom stereocenters. The molecular formula is C15H24NNaO6. The van der Waals surface area contributed by atoms with E-state index < -0.39 is 24.3 Å². The maximum absolute atomic E-state index is 11.6. The number of ether oxygens (including phenoxy) is 2. The van der Waals surface area contributed by atoms with Gasteiger partial charge in [0.05, 0.1) is 5.92 Å². The average Bonchev–Trinajstić information content (AvgIpc) is 2.45. The van der Waals surface area contributed by atoms with E-state index in [9.17, 15) is 19.5 Å². The van der Waals surface area contributed by atoms with Crippen molar-refractivity contribution in [2.24, 2.45) is 17.8 Å². The Kier molecular flexibility index (Phi) is 10.5. The van der Waals surface area contributed by atoms with Crippen LogP contribution in [0.5, 0.6) is 0 Å². The molecule has 0 aromatic heterocycles. The number of hydrogen-bond acceptors (Lipinski definition) is 6. The van der Waals surface area contributed by atoms with E-state index in [1.807, 2.05) is 0 Å². The summed E-state index contributed by atoms with van der Waals surface area (Å²) in [6.45, 7) is 5.28. The van der Waals surface area contributed by atoms with Crippen molar-refractivity contribution in [1.82, 2.24) is 5.32 Å². The van der Waals surface area contributed by atoms with Crippen molar-refractivity contribution >= 4 is 18.0 Å². The minimum absolute atomic E-state index is 0. The largest absolute Gasteiger partial charge is 1.00 e. The van der Waals surface area contributed by atoms with Crippen LogP contribution in [0.1, 0.15) is 46.5 Å². The predicted molar refractivity (Wildman–Crippen MR) is 75.3 cm³/mol. The van der Waals surface area contributed by atoms with Gasteiger partial charge in [-0.05, 0) is 37.5 Å². The first kappa shape index (κ1) is 22.2. The van der Waals surface area contributed by atoms with E-state index in [0.717, 1.165) is 12.8 Å². The molecule has 1 atom stereocenters. The van der Waals surface area contributed by atoms with Gasteiger partial charge in [0, 0.05) is 19.4 Å². The molecular weight excluding hydrogens is 313 g/mol. The predicted octanol–water partition coefficient (Wildman–Crippen LogP) is -2.18. The molecule has 0 aromatic rings. The Hall–Kier alpha value is -0.790. The number of carbonyl (C=O) groups excluding carboxylic acids is 3. The van der Waals surface area contributed by atoms with Crippen molar-refractivity contribution in [3.05, 3.63) is 0 Å². The van der Waals surface area contributed by atoms with Gasteiger partial charge in [-0.2, -0.15) is 0 Å². The second kappa shape index (κ2) is 10.9. The smallest absolute Gasteiger partial charge is 0.550 e. The summed E-state index contributed by atoms with van der Waals surface area (Å²) in [7, 11) is 0. The summed E-state index contributed by atoms with van der Waals surface area (Å²) in [6, 6.07) is 0. The minimum atomic E-state index is -0.994. The summed E-state index contributed by atoms with van der Waals surface area (Å²) in [5.41, 5.74) is 0. The number of esters is 1. The Morgan fingerprint density at radius 3 is 2.13 bits per heavy atom. The number of nitrogens with one attached hydrogen (secondary N) is 1. The van der Waals surface area contributed by atoms with Gasteiger partial charge in [-0.3, -0.25) is 4.79 Å². The molecule has 0 spiro atoms. The van der Waals surface area contributed by atoms with Crippen molar-refractivity contribution in [3.63, 3.8) is 0 Å². The van der Waals surface area contributed by atoms with Gasteiger partial charge in [0.15, 0.2) is 0 Å². The topological polar surface area (TPSA) is 105 Å². The van der Waals surface area contributed by atoms with Crippen LogP contribution in [0, 0.1) is 17.8 Å². The van der Waals surface area contributed by atoms with E-state index in [2.05, 4.69) is 5.32 Å². The van der Waals surface area contributed by atoms with Crippen molar-refractivity contribution < 1.29 is 58.5 Å². The van der Waals surface area contributed by atoms with Gasteiger partial charge in [-0.15, -0.1) is 0 Å².